The van der Waals surface area contributed by atoms with Crippen LogP contribution in [0, 0.1) is 11.3 Å². The highest BCUT2D eigenvalue weighted by molar-refractivity contribution is 5.58. The van der Waals surface area contributed by atoms with Crippen molar-refractivity contribution in [2.75, 3.05) is 0 Å². The zero-order chi connectivity index (χ0) is 9.97. The number of hydrogen-bond donors (Lipinski definition) is 0. The van der Waals surface area contributed by atoms with Crippen LogP contribution in [0.25, 0.3) is 5.52 Å². The summed E-state index contributed by atoms with van der Waals surface area (Å²) >= 11 is 0. The first-order valence-electron chi connectivity index (χ1n) is 4.73. The third-order valence-corrected chi connectivity index (χ3v) is 2.20. The van der Waals surface area contributed by atoms with Crippen molar-refractivity contribution in [2.45, 2.75) is 19.8 Å². The fourth-order valence-electron chi connectivity index (χ4n) is 1.58. The van der Waals surface area contributed by atoms with Crippen LogP contribution in [0.3, 0.4) is 0 Å². The van der Waals surface area contributed by atoms with Crippen LogP contribution >= 0.6 is 0 Å². The van der Waals surface area contributed by atoms with Gasteiger partial charge in [-0.2, -0.15) is 5.26 Å². The fraction of sp³-hybridized carbons (Fsp3) is 0.273. The van der Waals surface area contributed by atoms with Crippen LogP contribution in [0.2, 0.25) is 0 Å². The van der Waals surface area contributed by atoms with Crippen LogP contribution in [0.4, 0.5) is 0 Å². The number of aryl methyl sites for hydroxylation is 1. The number of nitriles is 1. The van der Waals surface area contributed by atoms with Gasteiger partial charge < -0.3 is 4.40 Å². The van der Waals surface area contributed by atoms with Gasteiger partial charge in [0.15, 0.2) is 5.69 Å². The summed E-state index contributed by atoms with van der Waals surface area (Å²) in [5.74, 6) is 0.972. The molecule has 0 saturated heterocycles. The summed E-state index contributed by atoms with van der Waals surface area (Å²) in [4.78, 5) is 4.30. The fourth-order valence-corrected chi connectivity index (χ4v) is 1.58. The Bertz CT molecular complexity index is 491. The minimum absolute atomic E-state index is 0.522. The van der Waals surface area contributed by atoms with Gasteiger partial charge in [-0.15, -0.1) is 0 Å². The molecule has 14 heavy (non-hydrogen) atoms. The van der Waals surface area contributed by atoms with Crippen molar-refractivity contribution in [1.29, 1.82) is 5.26 Å². The molecule has 0 amide bonds. The first-order valence-corrected chi connectivity index (χ1v) is 4.73. The highest BCUT2D eigenvalue weighted by atomic mass is 15.0. The van der Waals surface area contributed by atoms with E-state index in [4.69, 9.17) is 5.26 Å². The molecule has 0 aliphatic carbocycles. The summed E-state index contributed by atoms with van der Waals surface area (Å²) in [6, 6.07) is 7.92. The van der Waals surface area contributed by atoms with Crippen LogP contribution in [0.5, 0.6) is 0 Å². The molecule has 3 heteroatoms. The summed E-state index contributed by atoms with van der Waals surface area (Å²) in [6.07, 6.45) is 3.90. The lowest BCUT2D eigenvalue weighted by molar-refractivity contribution is 0.830. The second-order valence-corrected chi connectivity index (χ2v) is 3.19. The number of hydrogen-bond acceptors (Lipinski definition) is 2. The molecule has 0 aliphatic rings. The summed E-state index contributed by atoms with van der Waals surface area (Å²) < 4.78 is 1.99. The topological polar surface area (TPSA) is 41.1 Å². The molecule has 0 N–H and O–H groups in total. The van der Waals surface area contributed by atoms with Gasteiger partial charge in [0.2, 0.25) is 0 Å². The molecule has 0 radical (unpaired) electrons. The van der Waals surface area contributed by atoms with Gasteiger partial charge in [0.25, 0.3) is 0 Å². The molecule has 2 aromatic rings. The molecule has 0 fully saturated rings. The van der Waals surface area contributed by atoms with Crippen molar-refractivity contribution in [3.05, 3.63) is 35.9 Å². The quantitative estimate of drug-likeness (QED) is 0.719. The van der Waals surface area contributed by atoms with E-state index in [0.29, 0.717) is 5.69 Å². The first kappa shape index (κ1) is 8.76. The third-order valence-electron chi connectivity index (χ3n) is 2.20. The highest BCUT2D eigenvalue weighted by Crippen LogP contribution is 2.12. The average molecular weight is 185 g/mol. The van der Waals surface area contributed by atoms with Crippen molar-refractivity contribution < 1.29 is 0 Å². The zero-order valence-corrected chi connectivity index (χ0v) is 8.07. The Hall–Kier alpha value is -1.82. The number of pyridine rings is 1. The Morgan fingerprint density at radius 3 is 3.07 bits per heavy atom. The van der Waals surface area contributed by atoms with Crippen LogP contribution in [0.15, 0.2) is 24.4 Å². The van der Waals surface area contributed by atoms with Gasteiger partial charge in [-0.3, -0.25) is 0 Å². The number of rotatable bonds is 2. The van der Waals surface area contributed by atoms with Crippen LogP contribution < -0.4 is 0 Å². The van der Waals surface area contributed by atoms with Gasteiger partial charge in [0, 0.05) is 12.6 Å². The minimum Gasteiger partial charge on any atom is -0.302 e. The van der Waals surface area contributed by atoms with Gasteiger partial charge >= 0.3 is 0 Å². The van der Waals surface area contributed by atoms with E-state index in [1.165, 1.54) is 0 Å². The maximum Gasteiger partial charge on any atom is 0.166 e. The first-order chi connectivity index (χ1) is 6.86. The number of fused-ring (bicyclic) bond motifs is 1. The van der Waals surface area contributed by atoms with Gasteiger partial charge in [0.05, 0.1) is 5.52 Å². The standard InChI is InChI=1S/C11H11N3/c1-2-5-11-13-9(8-12)10-6-3-4-7-14(10)11/h3-4,6-7H,2,5H2,1H3. The molecule has 0 unspecified atom stereocenters. The zero-order valence-electron chi connectivity index (χ0n) is 8.07. The largest absolute Gasteiger partial charge is 0.302 e. The minimum atomic E-state index is 0.522. The summed E-state index contributed by atoms with van der Waals surface area (Å²) in [7, 11) is 0. The lowest BCUT2D eigenvalue weighted by Gasteiger charge is -1.96. The van der Waals surface area contributed by atoms with E-state index in [0.717, 1.165) is 24.2 Å². The maximum absolute atomic E-state index is 8.89. The van der Waals surface area contributed by atoms with E-state index >= 15 is 0 Å². The molecule has 0 spiro atoms. The predicted molar refractivity (Wildman–Crippen MR) is 53.9 cm³/mol. The smallest absolute Gasteiger partial charge is 0.166 e. The Morgan fingerprint density at radius 1 is 1.50 bits per heavy atom. The van der Waals surface area contributed by atoms with Crippen molar-refractivity contribution in [3.63, 3.8) is 0 Å². The molecule has 0 aromatic carbocycles. The Morgan fingerprint density at radius 2 is 2.36 bits per heavy atom. The average Bonchev–Trinajstić information content (AvgIpc) is 2.58. The second-order valence-electron chi connectivity index (χ2n) is 3.19. The van der Waals surface area contributed by atoms with E-state index in [9.17, 15) is 0 Å². The monoisotopic (exact) mass is 185 g/mol. The highest BCUT2D eigenvalue weighted by Gasteiger charge is 2.08. The molecule has 0 atom stereocenters. The molecular weight excluding hydrogens is 174 g/mol. The molecule has 0 saturated carbocycles. The number of imidazole rings is 1. The van der Waals surface area contributed by atoms with E-state index in [1.807, 2.05) is 28.8 Å². The van der Waals surface area contributed by atoms with Crippen LogP contribution in [-0.2, 0) is 6.42 Å². The number of aromatic nitrogens is 2. The molecular formula is C11H11N3. The van der Waals surface area contributed by atoms with Crippen molar-refractivity contribution in [1.82, 2.24) is 9.38 Å². The SMILES string of the molecule is CCCc1nc(C#N)c2ccccn12. The van der Waals surface area contributed by atoms with E-state index < -0.39 is 0 Å². The Labute approximate surface area is 82.6 Å². The normalized spacial score (nSPS) is 10.3. The van der Waals surface area contributed by atoms with Crippen molar-refractivity contribution in [3.8, 4) is 6.07 Å². The molecule has 3 nitrogen and oxygen atoms in total. The van der Waals surface area contributed by atoms with Crippen LogP contribution in [0.1, 0.15) is 24.9 Å². The van der Waals surface area contributed by atoms with Crippen molar-refractivity contribution >= 4 is 5.52 Å². The van der Waals surface area contributed by atoms with E-state index in [1.54, 1.807) is 0 Å². The van der Waals surface area contributed by atoms with Gasteiger partial charge in [0.1, 0.15) is 11.9 Å². The van der Waals surface area contributed by atoms with Gasteiger partial charge in [-0.1, -0.05) is 13.0 Å². The Balaban J connectivity index is 2.68. The second kappa shape index (κ2) is 3.51. The lowest BCUT2D eigenvalue weighted by Crippen LogP contribution is -1.92. The third kappa shape index (κ3) is 1.25. The van der Waals surface area contributed by atoms with Gasteiger partial charge in [-0.25, -0.2) is 4.98 Å². The maximum atomic E-state index is 8.89. The van der Waals surface area contributed by atoms with Gasteiger partial charge in [-0.05, 0) is 18.6 Å². The number of nitrogens with zero attached hydrogens (tertiary/aromatic N) is 3. The van der Waals surface area contributed by atoms with Crippen LogP contribution in [-0.4, -0.2) is 9.38 Å². The molecule has 2 heterocycles. The summed E-state index contributed by atoms with van der Waals surface area (Å²) in [5, 5.41) is 8.89. The molecule has 2 rings (SSSR count). The molecule has 2 aromatic heterocycles. The Kier molecular flexibility index (Phi) is 2.19. The van der Waals surface area contributed by atoms with E-state index in [2.05, 4.69) is 18.0 Å². The predicted octanol–water partition coefficient (Wildman–Crippen LogP) is 2.16. The molecule has 70 valence electrons. The summed E-state index contributed by atoms with van der Waals surface area (Å²) in [5.41, 5.74) is 1.42. The van der Waals surface area contributed by atoms with Crippen molar-refractivity contribution in [2.24, 2.45) is 0 Å². The molecule has 0 bridgehead atoms. The van der Waals surface area contributed by atoms with E-state index in [-0.39, 0.29) is 0 Å². The lowest BCUT2D eigenvalue weighted by atomic mass is 10.3. The molecule has 0 aliphatic heterocycles. The summed E-state index contributed by atoms with van der Waals surface area (Å²) in [6.45, 7) is 2.11.